The maximum absolute atomic E-state index is 12.5. The highest BCUT2D eigenvalue weighted by molar-refractivity contribution is 8.00. The number of rotatable bonds is 5. The van der Waals surface area contributed by atoms with Crippen molar-refractivity contribution in [3.63, 3.8) is 0 Å². The summed E-state index contributed by atoms with van der Waals surface area (Å²) < 4.78 is 32.1. The maximum atomic E-state index is 12.5. The number of ether oxygens (including phenoxy) is 1. The van der Waals surface area contributed by atoms with Crippen molar-refractivity contribution in [1.82, 2.24) is 4.72 Å². The van der Waals surface area contributed by atoms with Gasteiger partial charge in [-0.05, 0) is 42.8 Å². The van der Waals surface area contributed by atoms with Crippen molar-refractivity contribution in [3.8, 4) is 5.75 Å². The van der Waals surface area contributed by atoms with Gasteiger partial charge in [0, 0.05) is 4.90 Å². The van der Waals surface area contributed by atoms with Crippen LogP contribution in [0.1, 0.15) is 5.56 Å². The lowest BCUT2D eigenvalue weighted by atomic mass is 10.2. The van der Waals surface area contributed by atoms with E-state index in [1.165, 1.54) is 42.0 Å². The summed E-state index contributed by atoms with van der Waals surface area (Å²) in [5.74, 6) is -0.271. The van der Waals surface area contributed by atoms with E-state index in [9.17, 15) is 18.0 Å². The fourth-order valence-corrected chi connectivity index (χ4v) is 4.73. The van der Waals surface area contributed by atoms with Crippen molar-refractivity contribution in [1.29, 1.82) is 0 Å². The molecule has 27 heavy (non-hydrogen) atoms. The van der Waals surface area contributed by atoms with Crippen LogP contribution in [0.4, 0.5) is 5.69 Å². The van der Waals surface area contributed by atoms with Gasteiger partial charge in [0.1, 0.15) is 12.3 Å². The van der Waals surface area contributed by atoms with Crippen LogP contribution in [0.3, 0.4) is 0 Å². The summed E-state index contributed by atoms with van der Waals surface area (Å²) in [6, 6.07) is 11.5. The molecule has 142 valence electrons. The highest BCUT2D eigenvalue weighted by Gasteiger charge is 2.28. The Balaban J connectivity index is 1.77. The summed E-state index contributed by atoms with van der Waals surface area (Å²) in [7, 11) is -2.56. The number of anilines is 1. The molecular weight excluding hydrogens is 388 g/mol. The molecule has 0 saturated carbocycles. The quantitative estimate of drug-likeness (QED) is 0.816. The number of para-hydroxylation sites is 1. The average Bonchev–Trinajstić information content (AvgIpc) is 2.63. The number of aryl methyl sites for hydroxylation is 1. The minimum Gasteiger partial charge on any atom is -0.496 e. The molecule has 0 bridgehead atoms. The Bertz CT molecular complexity index is 1000. The molecule has 2 aromatic rings. The van der Waals surface area contributed by atoms with Gasteiger partial charge >= 0.3 is 0 Å². The van der Waals surface area contributed by atoms with E-state index in [1.807, 2.05) is 16.9 Å². The minimum absolute atomic E-state index is 0.0462. The van der Waals surface area contributed by atoms with Gasteiger partial charge in [0.2, 0.25) is 5.91 Å². The third-order valence-corrected chi connectivity index (χ3v) is 6.45. The molecule has 0 spiro atoms. The van der Waals surface area contributed by atoms with Gasteiger partial charge in [-0.25, -0.2) is 13.1 Å². The molecule has 3 rings (SSSR count). The molecule has 1 aliphatic rings. The number of carbonyl (C=O) groups is 2. The lowest BCUT2D eigenvalue weighted by Gasteiger charge is -2.28. The van der Waals surface area contributed by atoms with Gasteiger partial charge in [-0.2, -0.15) is 0 Å². The Morgan fingerprint density at radius 2 is 2.00 bits per heavy atom. The molecular formula is C18H18N2O5S2. The van der Waals surface area contributed by atoms with E-state index in [0.717, 1.165) is 4.90 Å². The van der Waals surface area contributed by atoms with Crippen LogP contribution in [0.25, 0.3) is 0 Å². The number of thioether (sulfide) groups is 1. The lowest BCUT2D eigenvalue weighted by molar-refractivity contribution is -0.121. The van der Waals surface area contributed by atoms with Crippen LogP contribution >= 0.6 is 11.8 Å². The van der Waals surface area contributed by atoms with Crippen LogP contribution in [0.5, 0.6) is 5.75 Å². The fraction of sp³-hybridized carbons (Fsp3) is 0.222. The molecule has 0 fully saturated rings. The van der Waals surface area contributed by atoms with E-state index in [-0.39, 0.29) is 23.1 Å². The van der Waals surface area contributed by atoms with Crippen LogP contribution in [0.15, 0.2) is 52.3 Å². The van der Waals surface area contributed by atoms with Gasteiger partial charge in [-0.15, -0.1) is 11.8 Å². The summed E-state index contributed by atoms with van der Waals surface area (Å²) in [6.07, 6.45) is 0. The van der Waals surface area contributed by atoms with Gasteiger partial charge in [0.15, 0.2) is 0 Å². The Kier molecular flexibility index (Phi) is 5.43. The summed E-state index contributed by atoms with van der Waals surface area (Å²) in [5.41, 5.74) is 1.23. The number of sulfonamides is 1. The highest BCUT2D eigenvalue weighted by Crippen LogP contribution is 2.34. The standard InChI is InChI=1S/C18H18N2O5S2/c1-12-9-13(7-8-15(12)25-2)27(23,24)19-17(21)10-20-14-5-3-4-6-16(14)26-11-18(20)22/h3-9H,10-11H2,1-2H3,(H,19,21). The Labute approximate surface area is 161 Å². The fourth-order valence-electron chi connectivity index (χ4n) is 2.73. The van der Waals surface area contributed by atoms with Crippen LogP contribution in [-0.4, -0.2) is 39.6 Å². The van der Waals surface area contributed by atoms with Gasteiger partial charge in [-0.3, -0.25) is 9.59 Å². The molecule has 0 radical (unpaired) electrons. The predicted octanol–water partition coefficient (Wildman–Crippen LogP) is 1.95. The smallest absolute Gasteiger partial charge is 0.264 e. The first-order valence-electron chi connectivity index (χ1n) is 8.04. The van der Waals surface area contributed by atoms with E-state index in [4.69, 9.17) is 4.74 Å². The molecule has 0 atom stereocenters. The third-order valence-electron chi connectivity index (χ3n) is 4.03. The predicted molar refractivity (Wildman–Crippen MR) is 103 cm³/mol. The van der Waals surface area contributed by atoms with Crippen LogP contribution < -0.4 is 14.4 Å². The summed E-state index contributed by atoms with van der Waals surface area (Å²) in [6.45, 7) is 1.34. The summed E-state index contributed by atoms with van der Waals surface area (Å²) in [4.78, 5) is 26.7. The van der Waals surface area contributed by atoms with Crippen molar-refractivity contribution in [2.75, 3.05) is 24.3 Å². The van der Waals surface area contributed by atoms with Gasteiger partial charge < -0.3 is 9.64 Å². The Hall–Kier alpha value is -2.52. The van der Waals surface area contributed by atoms with Crippen LogP contribution in [0, 0.1) is 6.92 Å². The monoisotopic (exact) mass is 406 g/mol. The molecule has 0 unspecified atom stereocenters. The normalized spacial score (nSPS) is 13.9. The van der Waals surface area contributed by atoms with Crippen molar-refractivity contribution in [2.24, 2.45) is 0 Å². The number of amides is 2. The number of methoxy groups -OCH3 is 1. The number of fused-ring (bicyclic) bond motifs is 1. The van der Waals surface area contributed by atoms with Crippen molar-refractivity contribution >= 4 is 39.3 Å². The number of hydrogen-bond donors (Lipinski definition) is 1. The molecule has 1 aliphatic heterocycles. The lowest BCUT2D eigenvalue weighted by Crippen LogP contribution is -2.44. The largest absolute Gasteiger partial charge is 0.496 e. The van der Waals surface area contributed by atoms with E-state index >= 15 is 0 Å². The van der Waals surface area contributed by atoms with Gasteiger partial charge in [-0.1, -0.05) is 12.1 Å². The molecule has 0 aliphatic carbocycles. The molecule has 0 aromatic heterocycles. The molecule has 7 nitrogen and oxygen atoms in total. The molecule has 9 heteroatoms. The minimum atomic E-state index is -4.05. The first kappa shape index (κ1) is 19.2. The second kappa shape index (κ2) is 7.61. The number of nitrogens with zero attached hydrogens (tertiary/aromatic N) is 1. The second-order valence-corrected chi connectivity index (χ2v) is 8.60. The topological polar surface area (TPSA) is 92.8 Å². The number of hydrogen-bond acceptors (Lipinski definition) is 6. The van der Waals surface area contributed by atoms with Crippen LogP contribution in [-0.2, 0) is 19.6 Å². The second-order valence-electron chi connectivity index (χ2n) is 5.90. The zero-order valence-corrected chi connectivity index (χ0v) is 16.4. The van der Waals surface area contributed by atoms with Crippen molar-refractivity contribution < 1.29 is 22.7 Å². The van der Waals surface area contributed by atoms with Crippen molar-refractivity contribution in [2.45, 2.75) is 16.7 Å². The SMILES string of the molecule is COc1ccc(S(=O)(=O)NC(=O)CN2C(=O)CSc3ccccc32)cc1C. The Morgan fingerprint density at radius 1 is 1.26 bits per heavy atom. The van der Waals surface area contributed by atoms with E-state index < -0.39 is 15.9 Å². The zero-order valence-electron chi connectivity index (χ0n) is 14.8. The van der Waals surface area contributed by atoms with E-state index in [0.29, 0.717) is 17.0 Å². The highest BCUT2D eigenvalue weighted by atomic mass is 32.2. The molecule has 0 saturated heterocycles. The average molecular weight is 406 g/mol. The molecule has 2 aromatic carbocycles. The molecule has 1 heterocycles. The number of carbonyl (C=O) groups excluding carboxylic acids is 2. The van der Waals surface area contributed by atoms with Crippen molar-refractivity contribution in [3.05, 3.63) is 48.0 Å². The molecule has 1 N–H and O–H groups in total. The first-order valence-corrected chi connectivity index (χ1v) is 10.5. The number of nitrogens with one attached hydrogen (secondary N) is 1. The summed E-state index contributed by atoms with van der Waals surface area (Å²) in [5, 5.41) is 0. The van der Waals surface area contributed by atoms with Crippen LogP contribution in [0.2, 0.25) is 0 Å². The maximum Gasteiger partial charge on any atom is 0.264 e. The summed E-state index contributed by atoms with van der Waals surface area (Å²) >= 11 is 1.39. The number of benzene rings is 2. The molecule has 2 amide bonds. The Morgan fingerprint density at radius 3 is 2.70 bits per heavy atom. The first-order chi connectivity index (χ1) is 12.8. The zero-order chi connectivity index (χ0) is 19.6. The van der Waals surface area contributed by atoms with Gasteiger partial charge in [0.25, 0.3) is 15.9 Å². The van der Waals surface area contributed by atoms with E-state index in [1.54, 1.807) is 19.1 Å². The van der Waals surface area contributed by atoms with E-state index in [2.05, 4.69) is 0 Å². The third kappa shape index (κ3) is 4.09. The van der Waals surface area contributed by atoms with Gasteiger partial charge in [0.05, 0.1) is 23.4 Å².